The predicted molar refractivity (Wildman–Crippen MR) is 113 cm³/mol. The van der Waals surface area contributed by atoms with Crippen LogP contribution in [0.15, 0.2) is 47.0 Å². The summed E-state index contributed by atoms with van der Waals surface area (Å²) in [6.45, 7) is 4.59. The number of hydrogen-bond donors (Lipinski definition) is 1. The Morgan fingerprint density at radius 1 is 1.21 bits per heavy atom. The molecule has 0 saturated carbocycles. The Hall–Kier alpha value is -2.86. The van der Waals surface area contributed by atoms with Crippen molar-refractivity contribution in [2.75, 3.05) is 11.9 Å². The van der Waals surface area contributed by atoms with E-state index in [1.165, 1.54) is 0 Å². The van der Waals surface area contributed by atoms with Crippen LogP contribution >= 0.6 is 11.6 Å². The summed E-state index contributed by atoms with van der Waals surface area (Å²) in [7, 11) is 0. The number of halogens is 1. The molecule has 2 amide bonds. The standard InChI is InChI=1S/C22H23ClN4O2/c1-14-6-5-7-16(12-14)20-25-21(29-26-20)19-8-3-4-11-27(19)22(28)24-17-10-9-15(2)18(23)13-17/h5-7,9-10,12-13,19H,3-4,8,11H2,1-2H3,(H,24,28). The van der Waals surface area contributed by atoms with Gasteiger partial charge in [-0.05, 0) is 56.9 Å². The zero-order valence-electron chi connectivity index (χ0n) is 16.5. The number of nitrogens with one attached hydrogen (secondary N) is 1. The molecule has 1 N–H and O–H groups in total. The Bertz CT molecular complexity index is 1030. The maximum atomic E-state index is 13.0. The van der Waals surface area contributed by atoms with E-state index in [9.17, 15) is 4.79 Å². The maximum absolute atomic E-state index is 13.0. The smallest absolute Gasteiger partial charge is 0.322 e. The van der Waals surface area contributed by atoms with Gasteiger partial charge in [-0.2, -0.15) is 4.98 Å². The summed E-state index contributed by atoms with van der Waals surface area (Å²) >= 11 is 6.18. The van der Waals surface area contributed by atoms with Crippen LogP contribution in [0.5, 0.6) is 0 Å². The third kappa shape index (κ3) is 4.27. The lowest BCUT2D eigenvalue weighted by Gasteiger charge is -2.33. The average molecular weight is 411 g/mol. The first-order valence-corrected chi connectivity index (χ1v) is 10.1. The van der Waals surface area contributed by atoms with Crippen LogP contribution in [0.25, 0.3) is 11.4 Å². The number of amides is 2. The second-order valence-corrected chi connectivity index (χ2v) is 7.83. The molecule has 1 saturated heterocycles. The number of urea groups is 1. The molecular formula is C22H23ClN4O2. The minimum Gasteiger partial charge on any atom is -0.337 e. The lowest BCUT2D eigenvalue weighted by molar-refractivity contribution is 0.142. The third-order valence-electron chi connectivity index (χ3n) is 5.19. The monoisotopic (exact) mass is 410 g/mol. The summed E-state index contributed by atoms with van der Waals surface area (Å²) in [6, 6.07) is 13.0. The topological polar surface area (TPSA) is 71.3 Å². The quantitative estimate of drug-likeness (QED) is 0.595. The van der Waals surface area contributed by atoms with Crippen molar-refractivity contribution in [3.63, 3.8) is 0 Å². The van der Waals surface area contributed by atoms with Crippen LogP contribution in [0.1, 0.15) is 42.3 Å². The first kappa shape index (κ1) is 19.5. The molecule has 1 aromatic heterocycles. The molecule has 1 atom stereocenters. The van der Waals surface area contributed by atoms with E-state index in [0.717, 1.165) is 36.0 Å². The van der Waals surface area contributed by atoms with E-state index < -0.39 is 0 Å². The Morgan fingerprint density at radius 3 is 2.86 bits per heavy atom. The summed E-state index contributed by atoms with van der Waals surface area (Å²) in [4.78, 5) is 19.3. The van der Waals surface area contributed by atoms with Gasteiger partial charge in [0.15, 0.2) is 0 Å². The first-order valence-electron chi connectivity index (χ1n) is 9.75. The number of piperidine rings is 1. The molecule has 2 heterocycles. The highest BCUT2D eigenvalue weighted by Gasteiger charge is 2.32. The van der Waals surface area contributed by atoms with Crippen LogP contribution in [0.4, 0.5) is 10.5 Å². The fourth-order valence-electron chi connectivity index (χ4n) is 3.57. The maximum Gasteiger partial charge on any atom is 0.322 e. The van der Waals surface area contributed by atoms with Gasteiger partial charge in [0.25, 0.3) is 0 Å². The molecule has 0 spiro atoms. The number of aromatic nitrogens is 2. The van der Waals surface area contributed by atoms with Gasteiger partial charge in [0.1, 0.15) is 6.04 Å². The highest BCUT2D eigenvalue weighted by atomic mass is 35.5. The molecule has 6 nitrogen and oxygen atoms in total. The summed E-state index contributed by atoms with van der Waals surface area (Å²) in [5.74, 6) is 1.01. The Labute approximate surface area is 174 Å². The lowest BCUT2D eigenvalue weighted by Crippen LogP contribution is -2.41. The second-order valence-electron chi connectivity index (χ2n) is 7.42. The van der Waals surface area contributed by atoms with Gasteiger partial charge in [0.2, 0.25) is 11.7 Å². The van der Waals surface area contributed by atoms with Crippen LogP contribution in [0.3, 0.4) is 0 Å². The van der Waals surface area contributed by atoms with Gasteiger partial charge in [-0.15, -0.1) is 0 Å². The number of rotatable bonds is 3. The van der Waals surface area contributed by atoms with Gasteiger partial charge in [-0.25, -0.2) is 4.79 Å². The van der Waals surface area contributed by atoms with Crippen molar-refractivity contribution in [1.82, 2.24) is 15.0 Å². The molecule has 0 radical (unpaired) electrons. The highest BCUT2D eigenvalue weighted by molar-refractivity contribution is 6.31. The van der Waals surface area contributed by atoms with Gasteiger partial charge in [0, 0.05) is 22.8 Å². The number of anilines is 1. The summed E-state index contributed by atoms with van der Waals surface area (Å²) < 4.78 is 5.56. The number of carbonyl (C=O) groups is 1. The predicted octanol–water partition coefficient (Wildman–Crippen LogP) is 5.77. The largest absolute Gasteiger partial charge is 0.337 e. The van der Waals surface area contributed by atoms with Crippen LogP contribution in [-0.4, -0.2) is 27.6 Å². The molecule has 1 unspecified atom stereocenters. The Morgan fingerprint density at radius 2 is 2.07 bits per heavy atom. The minimum atomic E-state index is -0.240. The fraction of sp³-hybridized carbons (Fsp3) is 0.318. The minimum absolute atomic E-state index is 0.190. The molecule has 7 heteroatoms. The SMILES string of the molecule is Cc1cccc(-c2noc(C3CCCCN3C(=O)Nc3ccc(C)c(Cl)c3)n2)c1. The van der Waals surface area contributed by atoms with Gasteiger partial charge in [-0.3, -0.25) is 0 Å². The second kappa shape index (κ2) is 8.25. The van der Waals surface area contributed by atoms with Gasteiger partial charge in [-0.1, -0.05) is 46.6 Å². The Balaban J connectivity index is 1.54. The van der Waals surface area contributed by atoms with Gasteiger partial charge < -0.3 is 14.7 Å². The number of aryl methyl sites for hydroxylation is 2. The average Bonchev–Trinajstić information content (AvgIpc) is 3.21. The molecular weight excluding hydrogens is 388 g/mol. The van der Waals surface area contributed by atoms with E-state index in [-0.39, 0.29) is 12.1 Å². The Kier molecular flexibility index (Phi) is 5.53. The number of likely N-dealkylation sites (tertiary alicyclic amines) is 1. The zero-order chi connectivity index (χ0) is 20.4. The van der Waals surface area contributed by atoms with Crippen LogP contribution in [0, 0.1) is 13.8 Å². The molecule has 1 aliphatic heterocycles. The molecule has 29 heavy (non-hydrogen) atoms. The fourth-order valence-corrected chi connectivity index (χ4v) is 3.75. The van der Waals surface area contributed by atoms with Crippen molar-refractivity contribution in [2.24, 2.45) is 0 Å². The van der Waals surface area contributed by atoms with E-state index in [2.05, 4.69) is 15.5 Å². The molecule has 4 rings (SSSR count). The first-order chi connectivity index (χ1) is 14.0. The van der Waals surface area contributed by atoms with E-state index in [1.807, 2.05) is 50.2 Å². The molecule has 3 aromatic rings. The van der Waals surface area contributed by atoms with E-state index in [4.69, 9.17) is 16.1 Å². The van der Waals surface area contributed by atoms with Crippen LogP contribution < -0.4 is 5.32 Å². The van der Waals surface area contributed by atoms with Gasteiger partial charge in [0.05, 0.1) is 0 Å². The van der Waals surface area contributed by atoms with Crippen molar-refractivity contribution in [1.29, 1.82) is 0 Å². The molecule has 0 aliphatic carbocycles. The summed E-state index contributed by atoms with van der Waals surface area (Å²) in [6.07, 6.45) is 2.74. The van der Waals surface area contributed by atoms with Crippen molar-refractivity contribution in [3.05, 3.63) is 64.5 Å². The summed E-state index contributed by atoms with van der Waals surface area (Å²) in [5, 5.41) is 7.70. The number of carbonyl (C=O) groups excluding carboxylic acids is 1. The van der Waals surface area contributed by atoms with Crippen molar-refractivity contribution >= 4 is 23.3 Å². The van der Waals surface area contributed by atoms with Crippen molar-refractivity contribution < 1.29 is 9.32 Å². The molecule has 0 bridgehead atoms. The third-order valence-corrected chi connectivity index (χ3v) is 5.60. The van der Waals surface area contributed by atoms with Crippen molar-refractivity contribution in [3.8, 4) is 11.4 Å². The van der Waals surface area contributed by atoms with E-state index in [1.54, 1.807) is 11.0 Å². The lowest BCUT2D eigenvalue weighted by atomic mass is 10.0. The zero-order valence-corrected chi connectivity index (χ0v) is 17.2. The molecule has 2 aromatic carbocycles. The van der Waals surface area contributed by atoms with Crippen molar-refractivity contribution in [2.45, 2.75) is 39.2 Å². The number of benzene rings is 2. The van der Waals surface area contributed by atoms with E-state index in [0.29, 0.717) is 29.0 Å². The van der Waals surface area contributed by atoms with Crippen LogP contribution in [0.2, 0.25) is 5.02 Å². The van der Waals surface area contributed by atoms with Gasteiger partial charge >= 0.3 is 6.03 Å². The number of hydrogen-bond acceptors (Lipinski definition) is 4. The highest BCUT2D eigenvalue weighted by Crippen LogP contribution is 2.32. The van der Waals surface area contributed by atoms with E-state index >= 15 is 0 Å². The summed E-state index contributed by atoms with van der Waals surface area (Å²) in [5.41, 5.74) is 3.67. The molecule has 1 fully saturated rings. The normalized spacial score (nSPS) is 16.7. The molecule has 150 valence electrons. The van der Waals surface area contributed by atoms with Crippen LogP contribution in [-0.2, 0) is 0 Å². The number of nitrogens with zero attached hydrogens (tertiary/aromatic N) is 3. The molecule has 1 aliphatic rings.